The van der Waals surface area contributed by atoms with E-state index in [1.807, 2.05) is 0 Å². The van der Waals surface area contributed by atoms with Gasteiger partial charge in [-0.3, -0.25) is 4.79 Å². The van der Waals surface area contributed by atoms with E-state index >= 15 is 0 Å². The summed E-state index contributed by atoms with van der Waals surface area (Å²) in [6.07, 6.45) is 0.0250. The van der Waals surface area contributed by atoms with E-state index in [4.69, 9.17) is 5.11 Å². The Kier molecular flexibility index (Phi) is 6.43. The first kappa shape index (κ1) is 13.3. The average Bonchev–Trinajstić information content (AvgIpc) is 2.03. The molecule has 0 saturated heterocycles. The van der Waals surface area contributed by atoms with Crippen molar-refractivity contribution in [2.75, 3.05) is 25.9 Å². The third kappa shape index (κ3) is 7.96. The second-order valence-electron chi connectivity index (χ2n) is 2.81. The molecule has 0 saturated carbocycles. The summed E-state index contributed by atoms with van der Waals surface area (Å²) in [7, 11) is -1.58. The Hall–Kier alpha value is -0.660. The fraction of sp³-hybridized carbons (Fsp3) is 0.857. The molecule has 84 valence electrons. The van der Waals surface area contributed by atoms with Gasteiger partial charge in [0.1, 0.15) is 0 Å². The third-order valence-corrected chi connectivity index (χ3v) is 2.97. The van der Waals surface area contributed by atoms with E-state index in [1.165, 1.54) is 0 Å². The third-order valence-electron chi connectivity index (χ3n) is 1.50. The van der Waals surface area contributed by atoms with Crippen LogP contribution in [-0.2, 0) is 14.8 Å². The highest BCUT2D eigenvalue weighted by Crippen LogP contribution is 1.93. The number of hydrogen-bond acceptors (Lipinski definition) is 4. The molecule has 7 heteroatoms. The molecule has 0 fully saturated rings. The van der Waals surface area contributed by atoms with Crippen molar-refractivity contribution in [3.05, 3.63) is 0 Å². The van der Waals surface area contributed by atoms with Gasteiger partial charge in [0.25, 0.3) is 0 Å². The standard InChI is InChI=1S/C7H16N2O4S/c1-8-4-5-9-14(12,13)6-2-3-7(10)11/h8-9H,2-6H2,1H3,(H,10,11). The lowest BCUT2D eigenvalue weighted by atomic mass is 10.3. The van der Waals surface area contributed by atoms with E-state index in [1.54, 1.807) is 7.05 Å². The van der Waals surface area contributed by atoms with E-state index in [0.717, 1.165) is 0 Å². The van der Waals surface area contributed by atoms with Crippen LogP contribution in [0.2, 0.25) is 0 Å². The van der Waals surface area contributed by atoms with Crippen LogP contribution in [0.25, 0.3) is 0 Å². The first-order valence-corrected chi connectivity index (χ1v) is 5.97. The van der Waals surface area contributed by atoms with Gasteiger partial charge in [-0.25, -0.2) is 13.1 Å². The number of carbonyl (C=O) groups is 1. The molecule has 0 heterocycles. The van der Waals surface area contributed by atoms with Crippen LogP contribution in [0.1, 0.15) is 12.8 Å². The molecule has 0 bridgehead atoms. The zero-order valence-corrected chi connectivity index (χ0v) is 8.93. The number of rotatable bonds is 8. The largest absolute Gasteiger partial charge is 0.481 e. The number of carboxylic acids is 1. The minimum Gasteiger partial charge on any atom is -0.481 e. The summed E-state index contributed by atoms with van der Waals surface area (Å²) in [6.45, 7) is 0.879. The van der Waals surface area contributed by atoms with Crippen LogP contribution in [0.15, 0.2) is 0 Å². The summed E-state index contributed by atoms with van der Waals surface area (Å²) in [5.41, 5.74) is 0. The Morgan fingerprint density at radius 1 is 1.36 bits per heavy atom. The highest BCUT2D eigenvalue weighted by atomic mass is 32.2. The first-order chi connectivity index (χ1) is 6.48. The van der Waals surface area contributed by atoms with E-state index < -0.39 is 16.0 Å². The highest BCUT2D eigenvalue weighted by Gasteiger charge is 2.09. The smallest absolute Gasteiger partial charge is 0.303 e. The summed E-state index contributed by atoms with van der Waals surface area (Å²) < 4.78 is 24.7. The molecule has 3 N–H and O–H groups in total. The molecule has 14 heavy (non-hydrogen) atoms. The fourth-order valence-corrected chi connectivity index (χ4v) is 1.90. The molecular weight excluding hydrogens is 208 g/mol. The van der Waals surface area contributed by atoms with Crippen molar-refractivity contribution in [3.63, 3.8) is 0 Å². The number of likely N-dealkylation sites (N-methyl/N-ethyl adjacent to an activating group) is 1. The molecule has 0 aromatic rings. The van der Waals surface area contributed by atoms with Gasteiger partial charge in [-0.05, 0) is 13.5 Å². The van der Waals surface area contributed by atoms with Gasteiger partial charge in [0.05, 0.1) is 5.75 Å². The molecule has 0 aliphatic carbocycles. The monoisotopic (exact) mass is 224 g/mol. The topological polar surface area (TPSA) is 95.5 Å². The fourth-order valence-electron chi connectivity index (χ4n) is 0.817. The summed E-state index contributed by atoms with van der Waals surface area (Å²) in [6, 6.07) is 0. The quantitative estimate of drug-likeness (QED) is 0.459. The van der Waals surface area contributed by atoms with Gasteiger partial charge in [0.2, 0.25) is 10.0 Å². The second-order valence-corrected chi connectivity index (χ2v) is 4.74. The number of hydrogen-bond donors (Lipinski definition) is 3. The highest BCUT2D eigenvalue weighted by molar-refractivity contribution is 7.89. The molecule has 0 aliphatic rings. The lowest BCUT2D eigenvalue weighted by molar-refractivity contribution is -0.137. The van der Waals surface area contributed by atoms with Gasteiger partial charge in [-0.15, -0.1) is 0 Å². The van der Waals surface area contributed by atoms with E-state index in [2.05, 4.69) is 10.0 Å². The van der Waals surface area contributed by atoms with Crippen LogP contribution >= 0.6 is 0 Å². The first-order valence-electron chi connectivity index (χ1n) is 4.31. The van der Waals surface area contributed by atoms with Gasteiger partial charge < -0.3 is 10.4 Å². The van der Waals surface area contributed by atoms with Crippen molar-refractivity contribution in [3.8, 4) is 0 Å². The predicted octanol–water partition coefficient (Wildman–Crippen LogP) is -1.01. The van der Waals surface area contributed by atoms with E-state index in [0.29, 0.717) is 13.1 Å². The minimum absolute atomic E-state index is 0.118. The van der Waals surface area contributed by atoms with Gasteiger partial charge >= 0.3 is 5.97 Å². The lowest BCUT2D eigenvalue weighted by Gasteiger charge is -2.04. The molecule has 0 aromatic heterocycles. The number of aliphatic carboxylic acids is 1. The molecule has 0 aliphatic heterocycles. The van der Waals surface area contributed by atoms with E-state index in [-0.39, 0.29) is 18.6 Å². The van der Waals surface area contributed by atoms with Crippen LogP contribution in [0.3, 0.4) is 0 Å². The second kappa shape index (κ2) is 6.74. The van der Waals surface area contributed by atoms with Crippen molar-refractivity contribution in [1.82, 2.24) is 10.0 Å². The summed E-state index contributed by atoms with van der Waals surface area (Å²) in [4.78, 5) is 10.1. The summed E-state index contributed by atoms with van der Waals surface area (Å²) >= 11 is 0. The molecule has 6 nitrogen and oxygen atoms in total. The van der Waals surface area contributed by atoms with E-state index in [9.17, 15) is 13.2 Å². The van der Waals surface area contributed by atoms with Gasteiger partial charge in [0.15, 0.2) is 0 Å². The maximum atomic E-state index is 11.2. The van der Waals surface area contributed by atoms with Crippen molar-refractivity contribution in [2.45, 2.75) is 12.8 Å². The zero-order chi connectivity index (χ0) is 11.0. The van der Waals surface area contributed by atoms with Crippen LogP contribution < -0.4 is 10.0 Å². The van der Waals surface area contributed by atoms with Crippen molar-refractivity contribution in [1.29, 1.82) is 0 Å². The molecule has 0 aromatic carbocycles. The Bertz CT molecular complexity index is 263. The van der Waals surface area contributed by atoms with Crippen LogP contribution in [0, 0.1) is 0 Å². The number of nitrogens with one attached hydrogen (secondary N) is 2. The summed E-state index contributed by atoms with van der Waals surface area (Å²) in [5, 5.41) is 11.1. The van der Waals surface area contributed by atoms with Gasteiger partial charge in [0, 0.05) is 19.5 Å². The van der Waals surface area contributed by atoms with Crippen LogP contribution in [0.4, 0.5) is 0 Å². The number of carboxylic acid groups (broad SMARTS) is 1. The molecule has 0 unspecified atom stereocenters. The predicted molar refractivity (Wildman–Crippen MR) is 52.6 cm³/mol. The maximum absolute atomic E-state index is 11.2. The van der Waals surface area contributed by atoms with Gasteiger partial charge in [-0.2, -0.15) is 0 Å². The molecule has 0 radical (unpaired) electrons. The molecule has 0 rings (SSSR count). The molecule has 0 atom stereocenters. The van der Waals surface area contributed by atoms with Crippen LogP contribution in [-0.4, -0.2) is 45.4 Å². The number of sulfonamides is 1. The zero-order valence-electron chi connectivity index (χ0n) is 8.12. The van der Waals surface area contributed by atoms with Crippen molar-refractivity contribution in [2.24, 2.45) is 0 Å². The van der Waals surface area contributed by atoms with Crippen molar-refractivity contribution < 1.29 is 18.3 Å². The molecule has 0 amide bonds. The molecular formula is C7H16N2O4S. The van der Waals surface area contributed by atoms with Crippen LogP contribution in [0.5, 0.6) is 0 Å². The average molecular weight is 224 g/mol. The Morgan fingerprint density at radius 2 is 2.00 bits per heavy atom. The van der Waals surface area contributed by atoms with Crippen molar-refractivity contribution >= 4 is 16.0 Å². The lowest BCUT2D eigenvalue weighted by Crippen LogP contribution is -2.32. The SMILES string of the molecule is CNCCNS(=O)(=O)CCCC(=O)O. The van der Waals surface area contributed by atoms with Gasteiger partial charge in [-0.1, -0.05) is 0 Å². The minimum atomic E-state index is -3.30. The molecule has 0 spiro atoms. The maximum Gasteiger partial charge on any atom is 0.303 e. The Morgan fingerprint density at radius 3 is 2.50 bits per heavy atom. The Labute approximate surface area is 83.7 Å². The Balaban J connectivity index is 3.67. The normalized spacial score (nSPS) is 11.5. The summed E-state index contributed by atoms with van der Waals surface area (Å²) in [5.74, 6) is -1.11.